The molecule has 0 spiro atoms. The van der Waals surface area contributed by atoms with E-state index in [0.29, 0.717) is 6.61 Å². The molecule has 0 N–H and O–H groups in total. The number of aryl methyl sites for hydroxylation is 1. The molecule has 4 heteroatoms. The van der Waals surface area contributed by atoms with Gasteiger partial charge in [0.15, 0.2) is 0 Å². The highest BCUT2D eigenvalue weighted by Crippen LogP contribution is 2.17. The fraction of sp³-hybridized carbons (Fsp3) is 0.550. The van der Waals surface area contributed by atoms with Crippen LogP contribution in [0.2, 0.25) is 0 Å². The van der Waals surface area contributed by atoms with E-state index in [0.717, 1.165) is 32.5 Å². The Morgan fingerprint density at radius 1 is 1.21 bits per heavy atom. The van der Waals surface area contributed by atoms with Gasteiger partial charge in [0, 0.05) is 31.2 Å². The molecule has 2 rings (SSSR count). The quantitative estimate of drug-likeness (QED) is 0.569. The summed E-state index contributed by atoms with van der Waals surface area (Å²) in [6.45, 7) is 9.72. The van der Waals surface area contributed by atoms with E-state index in [1.807, 2.05) is 11.8 Å². The highest BCUT2D eigenvalue weighted by molar-refractivity contribution is 5.88. The van der Waals surface area contributed by atoms with Crippen molar-refractivity contribution in [1.29, 1.82) is 0 Å². The minimum atomic E-state index is 0.0485. The van der Waals surface area contributed by atoms with E-state index < -0.39 is 0 Å². The van der Waals surface area contributed by atoms with E-state index in [1.165, 1.54) is 11.8 Å². The smallest absolute Gasteiger partial charge is 0.250 e. The molecule has 132 valence electrons. The molecule has 1 saturated heterocycles. The van der Waals surface area contributed by atoms with Gasteiger partial charge in [0.2, 0.25) is 5.91 Å². The molecule has 1 aliphatic rings. The van der Waals surface area contributed by atoms with E-state index in [2.05, 4.69) is 49.1 Å². The molecule has 0 unspecified atom stereocenters. The van der Waals surface area contributed by atoms with Gasteiger partial charge in [-0.2, -0.15) is 0 Å². The van der Waals surface area contributed by atoms with E-state index in [9.17, 15) is 4.79 Å². The minimum Gasteiger partial charge on any atom is -0.501 e. The first-order valence-corrected chi connectivity index (χ1v) is 8.98. The third kappa shape index (κ3) is 5.38. The van der Waals surface area contributed by atoms with Crippen molar-refractivity contribution in [3.8, 4) is 0 Å². The molecule has 0 aliphatic carbocycles. The van der Waals surface area contributed by atoms with Crippen LogP contribution in [0.25, 0.3) is 0 Å². The number of piperazine rings is 1. The number of rotatable bonds is 7. The summed E-state index contributed by atoms with van der Waals surface area (Å²) in [4.78, 5) is 16.8. The van der Waals surface area contributed by atoms with Crippen molar-refractivity contribution in [2.24, 2.45) is 0 Å². The third-order valence-corrected chi connectivity index (χ3v) is 4.51. The van der Waals surface area contributed by atoms with E-state index >= 15 is 0 Å². The zero-order valence-electron chi connectivity index (χ0n) is 15.1. The normalized spacial score (nSPS) is 22.0. The number of amides is 1. The average molecular weight is 330 g/mol. The standard InChI is InChI=1S/C20H30N2O2/c1-4-24-14-12-20(23)22-17(2)15-21(16-18(22)3)13-8-11-19-9-6-5-7-10-19/h5-7,9-10,12,14,17-18H,4,8,11,13,15-16H2,1-3H3/b14-12+/t17-,18+. The van der Waals surface area contributed by atoms with Crippen molar-refractivity contribution in [3.63, 3.8) is 0 Å². The fourth-order valence-electron chi connectivity index (χ4n) is 3.49. The van der Waals surface area contributed by atoms with Crippen LogP contribution in [-0.4, -0.2) is 54.0 Å². The second-order valence-electron chi connectivity index (χ2n) is 6.55. The zero-order valence-corrected chi connectivity index (χ0v) is 15.1. The van der Waals surface area contributed by atoms with Gasteiger partial charge >= 0.3 is 0 Å². The molecular formula is C20H30N2O2. The monoisotopic (exact) mass is 330 g/mol. The van der Waals surface area contributed by atoms with Crippen molar-refractivity contribution in [1.82, 2.24) is 9.80 Å². The van der Waals surface area contributed by atoms with Crippen LogP contribution in [0.5, 0.6) is 0 Å². The largest absolute Gasteiger partial charge is 0.501 e. The molecular weight excluding hydrogens is 300 g/mol. The number of benzene rings is 1. The van der Waals surface area contributed by atoms with Crippen LogP contribution in [-0.2, 0) is 16.0 Å². The first kappa shape index (κ1) is 18.5. The van der Waals surface area contributed by atoms with Crippen LogP contribution in [0.3, 0.4) is 0 Å². The number of nitrogens with zero attached hydrogens (tertiary/aromatic N) is 2. The van der Waals surface area contributed by atoms with E-state index in [4.69, 9.17) is 4.74 Å². The summed E-state index contributed by atoms with van der Waals surface area (Å²) in [5, 5.41) is 0. The molecule has 1 aliphatic heterocycles. The third-order valence-electron chi connectivity index (χ3n) is 4.51. The molecule has 1 fully saturated rings. The molecule has 1 aromatic carbocycles. The molecule has 1 amide bonds. The van der Waals surface area contributed by atoms with Crippen LogP contribution >= 0.6 is 0 Å². The van der Waals surface area contributed by atoms with Crippen molar-refractivity contribution in [2.75, 3.05) is 26.2 Å². The second-order valence-corrected chi connectivity index (χ2v) is 6.55. The van der Waals surface area contributed by atoms with Gasteiger partial charge in [-0.3, -0.25) is 9.69 Å². The Balaban J connectivity index is 1.80. The zero-order chi connectivity index (χ0) is 17.4. The lowest BCUT2D eigenvalue weighted by atomic mass is 10.1. The van der Waals surface area contributed by atoms with E-state index in [1.54, 1.807) is 6.08 Å². The number of hydrogen-bond acceptors (Lipinski definition) is 3. The van der Waals surface area contributed by atoms with Crippen LogP contribution in [0.1, 0.15) is 32.8 Å². The van der Waals surface area contributed by atoms with Crippen molar-refractivity contribution in [2.45, 2.75) is 45.7 Å². The van der Waals surface area contributed by atoms with Gasteiger partial charge in [-0.15, -0.1) is 0 Å². The first-order valence-electron chi connectivity index (χ1n) is 8.98. The Bertz CT molecular complexity index is 518. The van der Waals surface area contributed by atoms with Crippen LogP contribution in [0, 0.1) is 0 Å². The predicted octanol–water partition coefficient (Wildman–Crippen LogP) is 3.09. The maximum atomic E-state index is 12.3. The van der Waals surface area contributed by atoms with Gasteiger partial charge in [0.05, 0.1) is 12.9 Å². The molecule has 1 aromatic rings. The SMILES string of the molecule is CCO/C=C/C(=O)N1[C@H](C)CN(CCCc2ccccc2)C[C@@H]1C. The lowest BCUT2D eigenvalue weighted by molar-refractivity contribution is -0.133. The number of carbonyl (C=O) groups excluding carboxylic acids is 1. The lowest BCUT2D eigenvalue weighted by Crippen LogP contribution is -2.58. The number of ether oxygens (including phenoxy) is 1. The van der Waals surface area contributed by atoms with Gasteiger partial charge in [-0.25, -0.2) is 0 Å². The summed E-state index contributed by atoms with van der Waals surface area (Å²) >= 11 is 0. The van der Waals surface area contributed by atoms with Crippen LogP contribution in [0.15, 0.2) is 42.7 Å². The summed E-state index contributed by atoms with van der Waals surface area (Å²) < 4.78 is 5.14. The summed E-state index contributed by atoms with van der Waals surface area (Å²) in [6.07, 6.45) is 5.32. The minimum absolute atomic E-state index is 0.0485. The average Bonchev–Trinajstić information content (AvgIpc) is 2.55. The molecule has 4 nitrogen and oxygen atoms in total. The number of hydrogen-bond donors (Lipinski definition) is 0. The Hall–Kier alpha value is -1.81. The Morgan fingerprint density at radius 3 is 2.50 bits per heavy atom. The fourth-order valence-corrected chi connectivity index (χ4v) is 3.49. The maximum absolute atomic E-state index is 12.3. The maximum Gasteiger partial charge on any atom is 0.250 e. The molecule has 0 saturated carbocycles. The highest BCUT2D eigenvalue weighted by Gasteiger charge is 2.31. The van der Waals surface area contributed by atoms with Crippen LogP contribution < -0.4 is 0 Å². The highest BCUT2D eigenvalue weighted by atomic mass is 16.5. The first-order chi connectivity index (χ1) is 11.6. The van der Waals surface area contributed by atoms with Gasteiger partial charge in [0.1, 0.15) is 0 Å². The number of carbonyl (C=O) groups is 1. The van der Waals surface area contributed by atoms with E-state index in [-0.39, 0.29) is 18.0 Å². The Morgan fingerprint density at radius 2 is 1.88 bits per heavy atom. The Labute approximate surface area is 146 Å². The Kier molecular flexibility index (Phi) is 7.32. The van der Waals surface area contributed by atoms with Crippen molar-refractivity contribution < 1.29 is 9.53 Å². The van der Waals surface area contributed by atoms with Crippen molar-refractivity contribution in [3.05, 3.63) is 48.2 Å². The lowest BCUT2D eigenvalue weighted by Gasteiger charge is -2.44. The predicted molar refractivity (Wildman–Crippen MR) is 97.7 cm³/mol. The summed E-state index contributed by atoms with van der Waals surface area (Å²) in [6, 6.07) is 11.1. The molecule has 0 aromatic heterocycles. The van der Waals surface area contributed by atoms with Gasteiger partial charge in [-0.1, -0.05) is 30.3 Å². The van der Waals surface area contributed by atoms with Crippen molar-refractivity contribution >= 4 is 5.91 Å². The topological polar surface area (TPSA) is 32.8 Å². The molecule has 0 radical (unpaired) electrons. The summed E-state index contributed by atoms with van der Waals surface area (Å²) in [7, 11) is 0. The molecule has 0 bridgehead atoms. The molecule has 1 heterocycles. The van der Waals surface area contributed by atoms with Gasteiger partial charge in [-0.05, 0) is 45.7 Å². The van der Waals surface area contributed by atoms with Gasteiger partial charge < -0.3 is 9.64 Å². The summed E-state index contributed by atoms with van der Waals surface area (Å²) in [5.41, 5.74) is 1.40. The molecule has 2 atom stereocenters. The van der Waals surface area contributed by atoms with Crippen LogP contribution in [0.4, 0.5) is 0 Å². The summed E-state index contributed by atoms with van der Waals surface area (Å²) in [5.74, 6) is 0.0485. The van der Waals surface area contributed by atoms with Gasteiger partial charge in [0.25, 0.3) is 0 Å². The molecule has 24 heavy (non-hydrogen) atoms. The second kappa shape index (κ2) is 9.48.